The zero-order valence-corrected chi connectivity index (χ0v) is 18.3. The van der Waals surface area contributed by atoms with Crippen LogP contribution in [0.15, 0.2) is 51.5 Å². The van der Waals surface area contributed by atoms with Gasteiger partial charge in [-0.05, 0) is 38.1 Å². The molecule has 32 heavy (non-hydrogen) atoms. The summed E-state index contributed by atoms with van der Waals surface area (Å²) < 4.78 is 16.6. The number of Topliss-reactive ketones (excluding diaryl/α,β-unsaturated/α-hetero) is 2. The summed E-state index contributed by atoms with van der Waals surface area (Å²) in [4.78, 5) is 46.3. The molecular formula is C23H18N2O6S. The Morgan fingerprint density at radius 2 is 2.00 bits per heavy atom. The molecule has 1 fully saturated rings. The Hall–Kier alpha value is -3.72. The molecule has 2 unspecified atom stereocenters. The maximum absolute atomic E-state index is 13.5. The molecule has 3 aromatic heterocycles. The Kier molecular flexibility index (Phi) is 4.70. The number of carbonyl (C=O) groups is 3. The Balaban J connectivity index is 1.62. The fraction of sp³-hybridized carbons (Fsp3) is 0.217. The molecule has 1 amide bonds. The summed E-state index contributed by atoms with van der Waals surface area (Å²) >= 11 is 1.29. The predicted molar refractivity (Wildman–Crippen MR) is 116 cm³/mol. The number of nitrogens with zero attached hydrogens (tertiary/aromatic N) is 2. The molecule has 1 aromatic carbocycles. The van der Waals surface area contributed by atoms with Gasteiger partial charge in [0.2, 0.25) is 11.6 Å². The predicted octanol–water partition coefficient (Wildman–Crippen LogP) is 4.26. The standard InChI is InChI=1S/C23H18N2O6S/c1-11-12(2)32-23(24-11)25-18(14-8-5-9-30-14)17(20(27)22(25)28)19(26)16-10-13-6-4-7-15(29-3)21(13)31-16/h4-10,17-18H,1-3H3. The van der Waals surface area contributed by atoms with Crippen LogP contribution >= 0.6 is 11.3 Å². The van der Waals surface area contributed by atoms with Crippen molar-refractivity contribution in [1.29, 1.82) is 0 Å². The Labute approximate surface area is 186 Å². The number of methoxy groups -OCH3 is 1. The highest BCUT2D eigenvalue weighted by Crippen LogP contribution is 2.43. The number of fused-ring (bicyclic) bond motifs is 1. The first-order chi connectivity index (χ1) is 15.4. The topological polar surface area (TPSA) is 103 Å². The zero-order chi connectivity index (χ0) is 22.6. The van der Waals surface area contributed by atoms with E-state index in [1.165, 1.54) is 29.6 Å². The number of para-hydroxylation sites is 1. The van der Waals surface area contributed by atoms with Crippen LogP contribution in [0.25, 0.3) is 11.0 Å². The summed E-state index contributed by atoms with van der Waals surface area (Å²) in [6.45, 7) is 3.70. The molecular weight excluding hydrogens is 432 g/mol. The van der Waals surface area contributed by atoms with Crippen LogP contribution in [0.1, 0.15) is 32.9 Å². The third-order valence-corrected chi connectivity index (χ3v) is 6.69. The molecule has 0 bridgehead atoms. The maximum atomic E-state index is 13.5. The van der Waals surface area contributed by atoms with Crippen LogP contribution in [0.5, 0.6) is 5.75 Å². The lowest BCUT2D eigenvalue weighted by molar-refractivity contribution is -0.135. The molecule has 2 atom stereocenters. The monoisotopic (exact) mass is 450 g/mol. The van der Waals surface area contributed by atoms with Gasteiger partial charge in [0.05, 0.1) is 19.1 Å². The van der Waals surface area contributed by atoms with Gasteiger partial charge in [-0.25, -0.2) is 4.98 Å². The third kappa shape index (κ3) is 2.96. The molecule has 1 aliphatic rings. The number of aryl methyl sites for hydroxylation is 2. The number of ether oxygens (including phenoxy) is 1. The van der Waals surface area contributed by atoms with Crippen LogP contribution < -0.4 is 9.64 Å². The molecule has 162 valence electrons. The van der Waals surface area contributed by atoms with Crippen LogP contribution in [-0.4, -0.2) is 29.6 Å². The second kappa shape index (κ2) is 7.45. The molecule has 5 rings (SSSR count). The van der Waals surface area contributed by atoms with E-state index in [0.29, 0.717) is 27.6 Å². The van der Waals surface area contributed by atoms with Crippen LogP contribution in [-0.2, 0) is 9.59 Å². The summed E-state index contributed by atoms with van der Waals surface area (Å²) in [5, 5.41) is 1.00. The first kappa shape index (κ1) is 20.2. The smallest absolute Gasteiger partial charge is 0.297 e. The molecule has 0 spiro atoms. The van der Waals surface area contributed by atoms with Gasteiger partial charge in [-0.3, -0.25) is 19.3 Å². The lowest BCUT2D eigenvalue weighted by Gasteiger charge is -2.22. The molecule has 9 heteroatoms. The van der Waals surface area contributed by atoms with Crippen molar-refractivity contribution in [2.45, 2.75) is 19.9 Å². The molecule has 4 aromatic rings. The number of benzene rings is 1. The molecule has 0 N–H and O–H groups in total. The number of hydrogen-bond donors (Lipinski definition) is 0. The highest BCUT2D eigenvalue weighted by molar-refractivity contribution is 7.16. The van der Waals surface area contributed by atoms with Crippen molar-refractivity contribution >= 4 is 44.9 Å². The maximum Gasteiger partial charge on any atom is 0.297 e. The van der Waals surface area contributed by atoms with Crippen molar-refractivity contribution in [2.75, 3.05) is 12.0 Å². The largest absolute Gasteiger partial charge is 0.493 e. The number of carbonyl (C=O) groups excluding carboxylic acids is 3. The molecule has 0 radical (unpaired) electrons. The molecule has 8 nitrogen and oxygen atoms in total. The number of furan rings is 2. The molecule has 0 saturated carbocycles. The van der Waals surface area contributed by atoms with Crippen molar-refractivity contribution in [3.63, 3.8) is 0 Å². The average molecular weight is 450 g/mol. The number of thiazole rings is 1. The summed E-state index contributed by atoms with van der Waals surface area (Å²) in [6.07, 6.45) is 1.44. The number of rotatable bonds is 5. The van der Waals surface area contributed by atoms with Crippen molar-refractivity contribution in [3.8, 4) is 5.75 Å². The molecule has 0 aliphatic carbocycles. The highest BCUT2D eigenvalue weighted by atomic mass is 32.1. The van der Waals surface area contributed by atoms with E-state index in [0.717, 1.165) is 10.6 Å². The van der Waals surface area contributed by atoms with Crippen molar-refractivity contribution in [2.24, 2.45) is 5.92 Å². The summed E-state index contributed by atoms with van der Waals surface area (Å²) in [7, 11) is 1.50. The lowest BCUT2D eigenvalue weighted by Crippen LogP contribution is -2.30. The van der Waals surface area contributed by atoms with E-state index < -0.39 is 29.4 Å². The van der Waals surface area contributed by atoms with E-state index in [4.69, 9.17) is 13.6 Å². The normalized spacial score (nSPS) is 18.7. The van der Waals surface area contributed by atoms with E-state index >= 15 is 0 Å². The van der Waals surface area contributed by atoms with Crippen LogP contribution in [0.4, 0.5) is 5.13 Å². The van der Waals surface area contributed by atoms with E-state index in [2.05, 4.69) is 4.98 Å². The summed E-state index contributed by atoms with van der Waals surface area (Å²) in [6, 6.07) is 9.14. The minimum atomic E-state index is -1.33. The van der Waals surface area contributed by atoms with Crippen molar-refractivity contribution in [3.05, 3.63) is 64.8 Å². The van der Waals surface area contributed by atoms with Gasteiger partial charge in [-0.15, -0.1) is 11.3 Å². The average Bonchev–Trinajstić information content (AvgIpc) is 3.55. The van der Waals surface area contributed by atoms with Gasteiger partial charge in [0.15, 0.2) is 22.2 Å². The molecule has 1 aliphatic heterocycles. The SMILES string of the molecule is COc1cccc2cc(C(=O)C3C(=O)C(=O)N(c4nc(C)c(C)s4)C3c3ccco3)oc12. The van der Waals surface area contributed by atoms with E-state index in [1.807, 2.05) is 13.8 Å². The fourth-order valence-corrected chi connectivity index (χ4v) is 4.87. The Morgan fingerprint density at radius 1 is 1.19 bits per heavy atom. The van der Waals surface area contributed by atoms with Gasteiger partial charge in [0, 0.05) is 10.3 Å². The van der Waals surface area contributed by atoms with E-state index in [9.17, 15) is 14.4 Å². The quantitative estimate of drug-likeness (QED) is 0.254. The fourth-order valence-electron chi connectivity index (χ4n) is 3.92. The van der Waals surface area contributed by atoms with Gasteiger partial charge in [-0.1, -0.05) is 12.1 Å². The Bertz CT molecular complexity index is 1350. The minimum absolute atomic E-state index is 0.0273. The second-order valence-corrected chi connectivity index (χ2v) is 8.65. The molecule has 4 heterocycles. The van der Waals surface area contributed by atoms with Crippen molar-refractivity contribution in [1.82, 2.24) is 4.98 Å². The highest BCUT2D eigenvalue weighted by Gasteiger charge is 2.55. The second-order valence-electron chi connectivity index (χ2n) is 7.47. The molecule has 1 saturated heterocycles. The first-order valence-corrected chi connectivity index (χ1v) is 10.7. The van der Waals surface area contributed by atoms with Crippen LogP contribution in [0, 0.1) is 19.8 Å². The Morgan fingerprint density at radius 3 is 2.66 bits per heavy atom. The van der Waals surface area contributed by atoms with Crippen LogP contribution in [0.3, 0.4) is 0 Å². The number of aromatic nitrogens is 1. The van der Waals surface area contributed by atoms with Gasteiger partial charge >= 0.3 is 0 Å². The van der Waals surface area contributed by atoms with Crippen LogP contribution in [0.2, 0.25) is 0 Å². The van der Waals surface area contributed by atoms with Gasteiger partial charge in [0.1, 0.15) is 17.7 Å². The number of ketones is 2. The number of anilines is 1. The summed E-state index contributed by atoms with van der Waals surface area (Å²) in [5.41, 5.74) is 1.15. The third-order valence-electron chi connectivity index (χ3n) is 5.62. The van der Waals surface area contributed by atoms with Crippen molar-refractivity contribution < 1.29 is 28.0 Å². The zero-order valence-electron chi connectivity index (χ0n) is 17.4. The minimum Gasteiger partial charge on any atom is -0.493 e. The first-order valence-electron chi connectivity index (χ1n) is 9.86. The van der Waals surface area contributed by atoms with Gasteiger partial charge < -0.3 is 13.6 Å². The lowest BCUT2D eigenvalue weighted by atomic mass is 9.91. The van der Waals surface area contributed by atoms with Gasteiger partial charge in [-0.2, -0.15) is 0 Å². The summed E-state index contributed by atoms with van der Waals surface area (Å²) in [5.74, 6) is -2.79. The van der Waals surface area contributed by atoms with E-state index in [1.54, 1.807) is 36.4 Å². The number of hydrogen-bond acceptors (Lipinski definition) is 8. The number of amides is 1. The van der Waals surface area contributed by atoms with Gasteiger partial charge in [0.25, 0.3) is 5.91 Å². The van der Waals surface area contributed by atoms with E-state index in [-0.39, 0.29) is 5.76 Å².